The van der Waals surface area contributed by atoms with Gasteiger partial charge in [-0.15, -0.1) is 11.8 Å². The van der Waals surface area contributed by atoms with Crippen LogP contribution in [0.4, 0.5) is 11.4 Å². The lowest BCUT2D eigenvalue weighted by Gasteiger charge is -2.28. The zero-order valence-electron chi connectivity index (χ0n) is 14.4. The molecule has 0 spiro atoms. The van der Waals surface area contributed by atoms with Crippen LogP contribution in [0.15, 0.2) is 53.4 Å². The van der Waals surface area contributed by atoms with Gasteiger partial charge in [0.25, 0.3) is 0 Å². The van der Waals surface area contributed by atoms with Crippen LogP contribution in [-0.2, 0) is 16.1 Å². The standard InChI is InChI=1S/C19H21N3O2S/c1-21(2)15-9-7-14(8-10-15)11-20-18(23)12-22-16-5-3-4-6-17(16)25-13-19(22)24/h3-10H,11-13H2,1-2H3,(H,20,23). The van der Waals surface area contributed by atoms with Crippen LogP contribution in [0.1, 0.15) is 5.56 Å². The van der Waals surface area contributed by atoms with E-state index in [0.29, 0.717) is 12.3 Å². The number of carbonyl (C=O) groups is 2. The Bertz CT molecular complexity index is 774. The molecule has 0 fully saturated rings. The van der Waals surface area contributed by atoms with Gasteiger partial charge in [0.15, 0.2) is 0 Å². The topological polar surface area (TPSA) is 52.7 Å². The molecule has 2 amide bonds. The van der Waals surface area contributed by atoms with Crippen LogP contribution in [0.25, 0.3) is 0 Å². The van der Waals surface area contributed by atoms with E-state index in [1.54, 1.807) is 4.90 Å². The summed E-state index contributed by atoms with van der Waals surface area (Å²) in [5.41, 5.74) is 2.96. The van der Waals surface area contributed by atoms with Crippen molar-refractivity contribution < 1.29 is 9.59 Å². The molecule has 1 aliphatic rings. The van der Waals surface area contributed by atoms with E-state index in [2.05, 4.69) is 5.32 Å². The highest BCUT2D eigenvalue weighted by Gasteiger charge is 2.25. The summed E-state index contributed by atoms with van der Waals surface area (Å²) >= 11 is 1.51. The third kappa shape index (κ3) is 4.14. The number of para-hydroxylation sites is 1. The number of nitrogens with one attached hydrogen (secondary N) is 1. The Morgan fingerprint density at radius 2 is 1.88 bits per heavy atom. The lowest BCUT2D eigenvalue weighted by Crippen LogP contribution is -2.43. The first-order valence-electron chi connectivity index (χ1n) is 8.10. The summed E-state index contributed by atoms with van der Waals surface area (Å²) in [5.74, 6) is 0.178. The SMILES string of the molecule is CN(C)c1ccc(CNC(=O)CN2C(=O)CSc3ccccc32)cc1. The van der Waals surface area contributed by atoms with Gasteiger partial charge in [0.05, 0.1) is 11.4 Å². The van der Waals surface area contributed by atoms with Gasteiger partial charge < -0.3 is 15.1 Å². The van der Waals surface area contributed by atoms with Crippen molar-refractivity contribution in [3.8, 4) is 0 Å². The molecule has 1 N–H and O–H groups in total. The molecule has 2 aromatic carbocycles. The molecule has 0 saturated carbocycles. The molecule has 130 valence electrons. The van der Waals surface area contributed by atoms with Gasteiger partial charge in [-0.1, -0.05) is 24.3 Å². The molecule has 1 heterocycles. The maximum absolute atomic E-state index is 12.3. The predicted octanol–water partition coefficient (Wildman–Crippen LogP) is 2.51. The van der Waals surface area contributed by atoms with Crippen LogP contribution in [0, 0.1) is 0 Å². The van der Waals surface area contributed by atoms with Crippen molar-refractivity contribution >= 4 is 35.0 Å². The molecular formula is C19H21N3O2S. The summed E-state index contributed by atoms with van der Waals surface area (Å²) < 4.78 is 0. The molecule has 0 aromatic heterocycles. The number of thioether (sulfide) groups is 1. The van der Waals surface area contributed by atoms with Crippen LogP contribution in [0.3, 0.4) is 0 Å². The van der Waals surface area contributed by atoms with E-state index >= 15 is 0 Å². The number of nitrogens with zero attached hydrogens (tertiary/aromatic N) is 2. The molecule has 0 radical (unpaired) electrons. The van der Waals surface area contributed by atoms with Crippen molar-refractivity contribution in [2.24, 2.45) is 0 Å². The predicted molar refractivity (Wildman–Crippen MR) is 102 cm³/mol. The molecule has 0 atom stereocenters. The van der Waals surface area contributed by atoms with Gasteiger partial charge in [0, 0.05) is 31.2 Å². The first-order chi connectivity index (χ1) is 12.0. The Morgan fingerprint density at radius 3 is 2.60 bits per heavy atom. The summed E-state index contributed by atoms with van der Waals surface area (Å²) in [6, 6.07) is 15.7. The highest BCUT2D eigenvalue weighted by molar-refractivity contribution is 8.00. The second-order valence-electron chi connectivity index (χ2n) is 6.07. The van der Waals surface area contributed by atoms with Crippen molar-refractivity contribution in [3.05, 3.63) is 54.1 Å². The molecule has 0 aliphatic carbocycles. The number of hydrogen-bond donors (Lipinski definition) is 1. The lowest BCUT2D eigenvalue weighted by atomic mass is 10.2. The number of carbonyl (C=O) groups excluding carboxylic acids is 2. The monoisotopic (exact) mass is 355 g/mol. The molecule has 0 unspecified atom stereocenters. The Balaban J connectivity index is 1.60. The molecule has 2 aromatic rings. The number of hydrogen-bond acceptors (Lipinski definition) is 4. The molecule has 0 saturated heterocycles. The van der Waals surface area contributed by atoms with Crippen molar-refractivity contribution in [2.45, 2.75) is 11.4 Å². The van der Waals surface area contributed by atoms with Gasteiger partial charge >= 0.3 is 0 Å². The first kappa shape index (κ1) is 17.4. The second-order valence-corrected chi connectivity index (χ2v) is 7.09. The zero-order chi connectivity index (χ0) is 17.8. The summed E-state index contributed by atoms with van der Waals surface area (Å²) in [7, 11) is 3.98. The molecule has 6 heteroatoms. The molecule has 3 rings (SSSR count). The van der Waals surface area contributed by atoms with Crippen LogP contribution in [0.2, 0.25) is 0 Å². The number of anilines is 2. The van der Waals surface area contributed by atoms with E-state index in [-0.39, 0.29) is 18.4 Å². The van der Waals surface area contributed by atoms with Gasteiger partial charge in [-0.05, 0) is 29.8 Å². The fourth-order valence-corrected chi connectivity index (χ4v) is 3.58. The summed E-state index contributed by atoms with van der Waals surface area (Å²) in [5, 5.41) is 2.89. The third-order valence-corrected chi connectivity index (χ3v) is 5.10. The minimum absolute atomic E-state index is 0.0332. The van der Waals surface area contributed by atoms with Gasteiger partial charge in [-0.25, -0.2) is 0 Å². The quantitative estimate of drug-likeness (QED) is 0.895. The maximum atomic E-state index is 12.3. The van der Waals surface area contributed by atoms with Gasteiger partial charge in [-0.2, -0.15) is 0 Å². The van der Waals surface area contributed by atoms with E-state index in [4.69, 9.17) is 0 Å². The van der Waals surface area contributed by atoms with E-state index in [1.165, 1.54) is 11.8 Å². The van der Waals surface area contributed by atoms with Crippen LogP contribution in [0.5, 0.6) is 0 Å². The average molecular weight is 355 g/mol. The van der Waals surface area contributed by atoms with E-state index in [1.807, 2.05) is 67.5 Å². The molecule has 5 nitrogen and oxygen atoms in total. The molecule has 0 bridgehead atoms. The van der Waals surface area contributed by atoms with Crippen LogP contribution < -0.4 is 15.1 Å². The molecule has 25 heavy (non-hydrogen) atoms. The van der Waals surface area contributed by atoms with E-state index in [9.17, 15) is 9.59 Å². The summed E-state index contributed by atoms with van der Waals surface area (Å²) in [4.78, 5) is 29.1. The average Bonchev–Trinajstić information content (AvgIpc) is 2.63. The first-order valence-corrected chi connectivity index (χ1v) is 9.08. The fraction of sp³-hybridized carbons (Fsp3) is 0.263. The van der Waals surface area contributed by atoms with E-state index < -0.39 is 0 Å². The van der Waals surface area contributed by atoms with Crippen molar-refractivity contribution in [1.29, 1.82) is 0 Å². The van der Waals surface area contributed by atoms with Gasteiger partial charge in [0.1, 0.15) is 6.54 Å². The summed E-state index contributed by atoms with van der Waals surface area (Å²) in [6.45, 7) is 0.497. The highest BCUT2D eigenvalue weighted by atomic mass is 32.2. The second kappa shape index (κ2) is 7.61. The zero-order valence-corrected chi connectivity index (χ0v) is 15.2. The number of amides is 2. The number of rotatable bonds is 5. The number of benzene rings is 2. The Hall–Kier alpha value is -2.47. The highest BCUT2D eigenvalue weighted by Crippen LogP contribution is 2.34. The van der Waals surface area contributed by atoms with Gasteiger partial charge in [0.2, 0.25) is 11.8 Å². The molecular weight excluding hydrogens is 334 g/mol. The maximum Gasteiger partial charge on any atom is 0.240 e. The molecule has 1 aliphatic heterocycles. The van der Waals surface area contributed by atoms with Crippen molar-refractivity contribution in [1.82, 2.24) is 5.32 Å². The Morgan fingerprint density at radius 1 is 1.16 bits per heavy atom. The lowest BCUT2D eigenvalue weighted by molar-refractivity contribution is -0.123. The normalized spacial score (nSPS) is 13.4. The van der Waals surface area contributed by atoms with Crippen LogP contribution >= 0.6 is 11.8 Å². The Kier molecular flexibility index (Phi) is 5.28. The van der Waals surface area contributed by atoms with Crippen LogP contribution in [-0.4, -0.2) is 38.2 Å². The third-order valence-electron chi connectivity index (χ3n) is 4.05. The van der Waals surface area contributed by atoms with Crippen molar-refractivity contribution in [2.75, 3.05) is 36.2 Å². The smallest absolute Gasteiger partial charge is 0.240 e. The summed E-state index contributed by atoms with van der Waals surface area (Å²) in [6.07, 6.45) is 0. The minimum atomic E-state index is -0.160. The fourth-order valence-electron chi connectivity index (χ4n) is 2.64. The minimum Gasteiger partial charge on any atom is -0.378 e. The Labute approximate surface area is 152 Å². The van der Waals surface area contributed by atoms with Gasteiger partial charge in [-0.3, -0.25) is 9.59 Å². The van der Waals surface area contributed by atoms with Crippen molar-refractivity contribution in [3.63, 3.8) is 0 Å². The van der Waals surface area contributed by atoms with E-state index in [0.717, 1.165) is 21.8 Å². The number of fused-ring (bicyclic) bond motifs is 1. The largest absolute Gasteiger partial charge is 0.378 e.